The van der Waals surface area contributed by atoms with Crippen LogP contribution in [0.15, 0.2) is 54.9 Å². The van der Waals surface area contributed by atoms with Gasteiger partial charge < -0.3 is 4.74 Å². The van der Waals surface area contributed by atoms with Gasteiger partial charge in [0.1, 0.15) is 0 Å². The molecule has 0 aliphatic carbocycles. The summed E-state index contributed by atoms with van der Waals surface area (Å²) < 4.78 is 30.2. The Hall–Kier alpha value is -2.53. The number of alkyl halides is 2. The van der Waals surface area contributed by atoms with Crippen molar-refractivity contribution in [3.05, 3.63) is 76.7 Å². The number of ether oxygens (including phenoxy) is 1. The van der Waals surface area contributed by atoms with Crippen LogP contribution in [-0.4, -0.2) is 16.6 Å². The molecule has 28 heavy (non-hydrogen) atoms. The summed E-state index contributed by atoms with van der Waals surface area (Å²) in [7, 11) is 0. The second kappa shape index (κ2) is 8.23. The lowest BCUT2D eigenvalue weighted by Crippen LogP contribution is -2.13. The van der Waals surface area contributed by atoms with Gasteiger partial charge in [-0.2, -0.15) is 8.78 Å². The van der Waals surface area contributed by atoms with Crippen LogP contribution in [0.1, 0.15) is 37.6 Å². The Kier molecular flexibility index (Phi) is 5.94. The van der Waals surface area contributed by atoms with Crippen molar-refractivity contribution < 1.29 is 13.5 Å². The Morgan fingerprint density at radius 1 is 1.00 bits per heavy atom. The van der Waals surface area contributed by atoms with Crippen LogP contribution < -0.4 is 4.74 Å². The monoisotopic (exact) mass is 402 g/mol. The lowest BCUT2D eigenvalue weighted by molar-refractivity contribution is -0.0524. The zero-order valence-electron chi connectivity index (χ0n) is 15.9. The second-order valence-corrected chi connectivity index (χ2v) is 8.00. The molecule has 0 amide bonds. The van der Waals surface area contributed by atoms with Gasteiger partial charge in [-0.25, -0.2) is 4.98 Å². The average Bonchev–Trinajstić information content (AvgIpc) is 2.62. The lowest BCUT2D eigenvalue weighted by Gasteiger charge is -2.17. The third-order valence-electron chi connectivity index (χ3n) is 4.25. The van der Waals surface area contributed by atoms with Crippen LogP contribution in [0.4, 0.5) is 8.78 Å². The van der Waals surface area contributed by atoms with Crippen molar-refractivity contribution in [3.63, 3.8) is 0 Å². The van der Waals surface area contributed by atoms with E-state index in [1.807, 2.05) is 18.3 Å². The van der Waals surface area contributed by atoms with Crippen molar-refractivity contribution >= 4 is 11.6 Å². The van der Waals surface area contributed by atoms with Crippen molar-refractivity contribution in [2.45, 2.75) is 39.2 Å². The Morgan fingerprint density at radius 3 is 2.36 bits per heavy atom. The molecule has 146 valence electrons. The first-order valence-corrected chi connectivity index (χ1v) is 9.25. The maximum absolute atomic E-state index is 12.8. The van der Waals surface area contributed by atoms with Crippen molar-refractivity contribution in [1.29, 1.82) is 0 Å². The van der Waals surface area contributed by atoms with Gasteiger partial charge in [0.25, 0.3) is 0 Å². The SMILES string of the molecule is CC(C)(C)c1ccc(Cc2cnc(OC(F)F)c(-c3cccc(Cl)c3)c2)cn1. The highest BCUT2D eigenvalue weighted by Crippen LogP contribution is 2.32. The molecule has 0 saturated heterocycles. The van der Waals surface area contributed by atoms with Crippen LogP contribution >= 0.6 is 11.6 Å². The summed E-state index contributed by atoms with van der Waals surface area (Å²) in [5, 5.41) is 0.507. The van der Waals surface area contributed by atoms with Gasteiger partial charge in [-0.05, 0) is 41.0 Å². The van der Waals surface area contributed by atoms with Crippen molar-refractivity contribution in [1.82, 2.24) is 9.97 Å². The normalized spacial score (nSPS) is 11.7. The fourth-order valence-corrected chi connectivity index (χ4v) is 3.03. The van der Waals surface area contributed by atoms with Gasteiger partial charge >= 0.3 is 6.61 Å². The summed E-state index contributed by atoms with van der Waals surface area (Å²) in [6.07, 6.45) is 3.96. The zero-order valence-corrected chi connectivity index (χ0v) is 16.7. The molecule has 0 unspecified atom stereocenters. The van der Waals surface area contributed by atoms with Gasteiger partial charge in [-0.15, -0.1) is 0 Å². The third-order valence-corrected chi connectivity index (χ3v) is 4.48. The number of halogens is 3. The summed E-state index contributed by atoms with van der Waals surface area (Å²) in [5.41, 5.74) is 4.00. The number of pyridine rings is 2. The highest BCUT2D eigenvalue weighted by atomic mass is 35.5. The second-order valence-electron chi connectivity index (χ2n) is 7.56. The minimum Gasteiger partial charge on any atom is -0.416 e. The first-order chi connectivity index (χ1) is 13.2. The maximum Gasteiger partial charge on any atom is 0.388 e. The fraction of sp³-hybridized carbons (Fsp3) is 0.273. The van der Waals surface area contributed by atoms with E-state index in [4.69, 9.17) is 11.6 Å². The van der Waals surface area contributed by atoms with E-state index in [1.165, 1.54) is 0 Å². The van der Waals surface area contributed by atoms with Crippen LogP contribution in [0.5, 0.6) is 5.88 Å². The average molecular weight is 403 g/mol. The summed E-state index contributed by atoms with van der Waals surface area (Å²) in [6.45, 7) is 3.37. The van der Waals surface area contributed by atoms with Crippen LogP contribution in [0, 0.1) is 0 Å². The van der Waals surface area contributed by atoms with Crippen LogP contribution in [0.3, 0.4) is 0 Å². The molecule has 2 heterocycles. The fourth-order valence-electron chi connectivity index (χ4n) is 2.84. The molecule has 6 heteroatoms. The van der Waals surface area contributed by atoms with E-state index in [9.17, 15) is 8.78 Å². The predicted octanol–water partition coefficient (Wildman–Crippen LogP) is 6.29. The molecule has 0 aliphatic heterocycles. The van der Waals surface area contributed by atoms with Gasteiger partial charge in [0.15, 0.2) is 0 Å². The van der Waals surface area contributed by atoms with Gasteiger partial charge in [-0.1, -0.05) is 50.6 Å². The maximum atomic E-state index is 12.8. The molecule has 3 nitrogen and oxygen atoms in total. The smallest absolute Gasteiger partial charge is 0.388 e. The zero-order chi connectivity index (χ0) is 20.3. The summed E-state index contributed by atoms with van der Waals surface area (Å²) >= 11 is 6.06. The summed E-state index contributed by atoms with van der Waals surface area (Å²) in [4.78, 5) is 8.65. The Balaban J connectivity index is 1.93. The van der Waals surface area contributed by atoms with Crippen LogP contribution in [-0.2, 0) is 11.8 Å². The largest absolute Gasteiger partial charge is 0.416 e. The molecule has 0 radical (unpaired) electrons. The van der Waals surface area contributed by atoms with E-state index < -0.39 is 6.61 Å². The van der Waals surface area contributed by atoms with E-state index in [1.54, 1.807) is 36.5 Å². The van der Waals surface area contributed by atoms with Crippen LogP contribution in [0.25, 0.3) is 11.1 Å². The van der Waals surface area contributed by atoms with Gasteiger partial charge in [0, 0.05) is 40.5 Å². The van der Waals surface area contributed by atoms with E-state index in [0.29, 0.717) is 22.6 Å². The molecule has 0 atom stereocenters. The number of rotatable bonds is 5. The topological polar surface area (TPSA) is 35.0 Å². The molecule has 0 N–H and O–H groups in total. The molecule has 2 aromatic heterocycles. The Bertz CT molecular complexity index is 953. The number of benzene rings is 1. The summed E-state index contributed by atoms with van der Waals surface area (Å²) in [5.74, 6) is -0.123. The predicted molar refractivity (Wildman–Crippen MR) is 107 cm³/mol. The lowest BCUT2D eigenvalue weighted by atomic mass is 9.91. The quantitative estimate of drug-likeness (QED) is 0.503. The standard InChI is InChI=1S/C22H21ClF2N2O/c1-22(2,3)19-8-7-14(12-26-19)9-15-10-18(16-5-4-6-17(23)11-16)20(27-13-15)28-21(24)25/h4-8,10-13,21H,9H2,1-3H3. The first kappa shape index (κ1) is 20.2. The van der Waals surface area contributed by atoms with Crippen LogP contribution in [0.2, 0.25) is 5.02 Å². The van der Waals surface area contributed by atoms with E-state index >= 15 is 0 Å². The molecule has 0 saturated carbocycles. The van der Waals surface area contributed by atoms with Crippen molar-refractivity contribution in [2.75, 3.05) is 0 Å². The Morgan fingerprint density at radius 2 is 1.75 bits per heavy atom. The van der Waals surface area contributed by atoms with Gasteiger partial charge in [0.05, 0.1) is 0 Å². The van der Waals surface area contributed by atoms with E-state index in [-0.39, 0.29) is 11.3 Å². The van der Waals surface area contributed by atoms with Crippen molar-refractivity contribution in [2.24, 2.45) is 0 Å². The molecular weight excluding hydrogens is 382 g/mol. The third kappa shape index (κ3) is 5.04. The van der Waals surface area contributed by atoms with Gasteiger partial charge in [0.2, 0.25) is 5.88 Å². The minimum atomic E-state index is -2.95. The van der Waals surface area contributed by atoms with Crippen molar-refractivity contribution in [3.8, 4) is 17.0 Å². The molecule has 0 bridgehead atoms. The molecule has 0 aliphatic rings. The first-order valence-electron chi connectivity index (χ1n) is 8.87. The number of hydrogen-bond acceptors (Lipinski definition) is 3. The molecule has 0 spiro atoms. The Labute approximate surface area is 168 Å². The number of hydrogen-bond donors (Lipinski definition) is 0. The number of nitrogens with zero attached hydrogens (tertiary/aromatic N) is 2. The molecule has 3 aromatic rings. The van der Waals surface area contributed by atoms with E-state index in [2.05, 4.69) is 35.5 Å². The van der Waals surface area contributed by atoms with Gasteiger partial charge in [-0.3, -0.25) is 4.98 Å². The highest BCUT2D eigenvalue weighted by molar-refractivity contribution is 6.30. The highest BCUT2D eigenvalue weighted by Gasteiger charge is 2.16. The summed E-state index contributed by atoms with van der Waals surface area (Å²) in [6, 6.07) is 12.8. The molecule has 0 fully saturated rings. The minimum absolute atomic E-state index is 0.0198. The molecule has 1 aromatic carbocycles. The number of aromatic nitrogens is 2. The van der Waals surface area contributed by atoms with E-state index in [0.717, 1.165) is 16.8 Å². The molecular formula is C22H21ClF2N2O. The molecule has 3 rings (SSSR count).